The van der Waals surface area contributed by atoms with Crippen molar-refractivity contribution in [2.45, 2.75) is 83.1 Å². The molecule has 0 spiro atoms. The van der Waals surface area contributed by atoms with Gasteiger partial charge in [0, 0.05) is 59.0 Å². The van der Waals surface area contributed by atoms with Crippen LogP contribution in [0.25, 0.3) is 32.1 Å². The molecule has 2 unspecified atom stereocenters. The minimum Gasteiger partial charge on any atom is -0.465 e. The second-order valence-corrected chi connectivity index (χ2v) is 16.3. The zero-order chi connectivity index (χ0) is 38.2. The van der Waals surface area contributed by atoms with Gasteiger partial charge in [0.05, 0.1) is 24.2 Å². The average molecular weight is 766 g/mol. The van der Waals surface area contributed by atoms with E-state index in [-0.39, 0.29) is 103 Å². The van der Waals surface area contributed by atoms with Crippen molar-refractivity contribution >= 4 is 55.3 Å². The highest BCUT2D eigenvalue weighted by atomic mass is 32.1. The van der Waals surface area contributed by atoms with Crippen LogP contribution in [0.5, 0.6) is 6.01 Å². The highest BCUT2D eigenvalue weighted by Gasteiger charge is 2.44. The van der Waals surface area contributed by atoms with E-state index in [1.54, 1.807) is 27.8 Å². The molecule has 13 nitrogen and oxygen atoms in total. The molecule has 284 valence electrons. The largest absolute Gasteiger partial charge is 0.465 e. The molecular weight excluding hydrogens is 728 g/mol. The molecule has 0 aliphatic carbocycles. The first-order valence-electron chi connectivity index (χ1n) is 17.7. The highest BCUT2D eigenvalue weighted by Crippen LogP contribution is 2.49. The summed E-state index contributed by atoms with van der Waals surface area (Å²) in [5, 5.41) is 23.4. The Morgan fingerprint density at radius 2 is 1.81 bits per heavy atom. The van der Waals surface area contributed by atoms with Gasteiger partial charge < -0.3 is 29.1 Å². The van der Waals surface area contributed by atoms with Gasteiger partial charge >= 0.3 is 18.2 Å². The molecule has 6 heterocycles. The number of carbonyl (C=O) groups excluding carboxylic acids is 1. The number of aromatic nitrogens is 2. The van der Waals surface area contributed by atoms with E-state index in [2.05, 4.69) is 16.4 Å². The Morgan fingerprint density at radius 3 is 2.46 bits per heavy atom. The number of rotatable bonds is 6. The number of nitrogens with one attached hydrogen (secondary N) is 1. The lowest BCUT2D eigenvalue weighted by molar-refractivity contribution is 0.0636. The molecule has 0 saturated carbocycles. The second-order valence-electron chi connectivity index (χ2n) is 15.2. The van der Waals surface area contributed by atoms with Crippen LogP contribution in [0.15, 0.2) is 12.1 Å². The normalized spacial score (nSPS) is 22.6. The Balaban J connectivity index is 1.32. The number of carboxylic acid groups (broad SMARTS) is 1. The highest BCUT2D eigenvalue weighted by molar-refractivity contribution is 7.23. The smallest absolute Gasteiger partial charge is 0.412 e. The van der Waals surface area contributed by atoms with E-state index in [0.717, 1.165) is 11.3 Å². The fraction of sp³-hybridized carbons (Fsp3) is 0.486. The van der Waals surface area contributed by atoms with E-state index in [0.29, 0.717) is 39.9 Å². The minimum atomic E-state index is -1.02. The maximum atomic E-state index is 17.6. The van der Waals surface area contributed by atoms with Crippen molar-refractivity contribution in [3.05, 3.63) is 40.5 Å². The molecule has 4 atom stereocenters. The Bertz CT molecular complexity index is 2240. The van der Waals surface area contributed by atoms with Gasteiger partial charge in [0.1, 0.15) is 46.6 Å². The zero-order valence-electron chi connectivity index (χ0n) is 30.0. The number of amides is 2. The van der Waals surface area contributed by atoms with Gasteiger partial charge in [-0.15, -0.1) is 11.3 Å². The van der Waals surface area contributed by atoms with Gasteiger partial charge in [-0.3, -0.25) is 10.2 Å². The van der Waals surface area contributed by atoms with Crippen LogP contribution in [-0.4, -0.2) is 100 Å². The van der Waals surface area contributed by atoms with Crippen LogP contribution in [0.3, 0.4) is 0 Å². The second kappa shape index (κ2) is 13.4. The maximum Gasteiger partial charge on any atom is 0.412 e. The third kappa shape index (κ3) is 6.19. The summed E-state index contributed by atoms with van der Waals surface area (Å²) >= 11 is 1.03. The fourth-order valence-corrected chi connectivity index (χ4v) is 9.33. The molecule has 3 fully saturated rings. The van der Waals surface area contributed by atoms with Gasteiger partial charge in [-0.25, -0.2) is 22.8 Å². The minimum absolute atomic E-state index is 0.0304. The number of likely N-dealkylation sites (N-methyl/N-ethyl adjacent to an activating group) is 1. The number of benzene rings is 2. The number of fused-ring (bicyclic) bond motifs is 6. The number of piperazine rings is 1. The number of halogens is 3. The van der Waals surface area contributed by atoms with Crippen LogP contribution in [0.4, 0.5) is 33.6 Å². The first kappa shape index (κ1) is 36.1. The molecule has 4 aliphatic rings. The lowest BCUT2D eigenvalue weighted by atomic mass is 9.90. The standard InChI is InChI=1S/C37H38F3N7O6S/c1-37(2,3)53-35(48)44-33-21(10-41)26-25(54-33)8-7-24(39)29(26)27-22-15-51-16-23(22)28-31(30(27)40)42-34(52-14-20-9-17(38)11-45(20)4)43-32(28)47-18-5-6-19(47)13-46(12-18)36(49)50/h7-8,17-20H,5-6,9,11-16H2,1-4H3,(H,44,48)(H,49,50)/t17-,18?,19?,20+/m1/s1. The summed E-state index contributed by atoms with van der Waals surface area (Å²) < 4.78 is 66.0. The summed E-state index contributed by atoms with van der Waals surface area (Å²) in [6.07, 6.45) is -1.24. The predicted molar refractivity (Wildman–Crippen MR) is 194 cm³/mol. The molecule has 2 N–H and O–H groups in total. The molecule has 3 saturated heterocycles. The molecule has 2 aromatic carbocycles. The molecule has 17 heteroatoms. The molecular formula is C37H38F3N7O6S. The quantitative estimate of drug-likeness (QED) is 0.213. The zero-order valence-corrected chi connectivity index (χ0v) is 30.9. The predicted octanol–water partition coefficient (Wildman–Crippen LogP) is 6.79. The molecule has 2 bridgehead atoms. The molecule has 4 aliphatic heterocycles. The molecule has 0 radical (unpaired) electrons. The van der Waals surface area contributed by atoms with Gasteiger partial charge in [-0.2, -0.15) is 15.2 Å². The van der Waals surface area contributed by atoms with Crippen molar-refractivity contribution in [2.24, 2.45) is 0 Å². The third-order valence-electron chi connectivity index (χ3n) is 10.6. The van der Waals surface area contributed by atoms with Gasteiger partial charge in [-0.05, 0) is 70.3 Å². The van der Waals surface area contributed by atoms with Crippen LogP contribution in [0.1, 0.15) is 56.7 Å². The number of ether oxygens (including phenoxy) is 3. The Kier molecular flexibility index (Phi) is 8.97. The van der Waals surface area contributed by atoms with Crippen molar-refractivity contribution in [1.82, 2.24) is 19.8 Å². The molecule has 8 rings (SSSR count). The number of nitrogens with zero attached hydrogens (tertiary/aromatic N) is 6. The summed E-state index contributed by atoms with van der Waals surface area (Å²) in [4.78, 5) is 39.4. The summed E-state index contributed by atoms with van der Waals surface area (Å²) in [5.74, 6) is -1.32. The lowest BCUT2D eigenvalue weighted by Gasteiger charge is -2.41. The number of hydrogen-bond donors (Lipinski definition) is 2. The van der Waals surface area contributed by atoms with Crippen molar-refractivity contribution in [3.8, 4) is 23.2 Å². The fourth-order valence-electron chi connectivity index (χ4n) is 8.29. The summed E-state index contributed by atoms with van der Waals surface area (Å²) in [6, 6.07) is 3.79. The monoisotopic (exact) mass is 765 g/mol. The number of hydrogen-bond acceptors (Lipinski definition) is 11. The van der Waals surface area contributed by atoms with E-state index in [4.69, 9.17) is 19.2 Å². The Morgan fingerprint density at radius 1 is 1.09 bits per heavy atom. The molecule has 2 amide bonds. The Labute approximate surface area is 312 Å². The average Bonchev–Trinajstić information content (AvgIpc) is 3.86. The van der Waals surface area contributed by atoms with Gasteiger partial charge in [0.25, 0.3) is 0 Å². The van der Waals surface area contributed by atoms with Crippen LogP contribution in [0, 0.1) is 23.0 Å². The number of thiophene rings is 1. The van der Waals surface area contributed by atoms with Gasteiger partial charge in [0.15, 0.2) is 5.82 Å². The van der Waals surface area contributed by atoms with E-state index in [1.807, 2.05) is 9.80 Å². The van der Waals surface area contributed by atoms with Crippen molar-refractivity contribution in [2.75, 3.05) is 43.5 Å². The number of carbonyl (C=O) groups is 2. The Hall–Kier alpha value is -4.92. The topological polar surface area (TPSA) is 153 Å². The third-order valence-corrected chi connectivity index (χ3v) is 11.6. The molecule has 2 aromatic heterocycles. The lowest BCUT2D eigenvalue weighted by Crippen LogP contribution is -2.55. The van der Waals surface area contributed by atoms with Crippen LogP contribution < -0.4 is 15.0 Å². The van der Waals surface area contributed by atoms with E-state index >= 15 is 8.78 Å². The van der Waals surface area contributed by atoms with Crippen LogP contribution in [0.2, 0.25) is 0 Å². The van der Waals surface area contributed by atoms with Crippen molar-refractivity contribution in [1.29, 1.82) is 5.26 Å². The summed E-state index contributed by atoms with van der Waals surface area (Å²) in [7, 11) is 1.79. The van der Waals surface area contributed by atoms with Crippen LogP contribution in [-0.2, 0) is 22.7 Å². The van der Waals surface area contributed by atoms with Gasteiger partial charge in [-0.1, -0.05) is 0 Å². The first-order valence-corrected chi connectivity index (χ1v) is 18.6. The SMILES string of the molecule is CN1C[C@H](F)C[C@H]1COc1nc(N2C3CCC2CN(C(=O)O)C3)c2c3c(c(-c4c(F)ccc5sc(NC(=O)OC(C)(C)C)c(C#N)c45)c(F)c2n1)COC3. The van der Waals surface area contributed by atoms with Crippen molar-refractivity contribution < 1.29 is 42.1 Å². The number of anilines is 2. The van der Waals surface area contributed by atoms with E-state index in [9.17, 15) is 24.3 Å². The maximum absolute atomic E-state index is 17.6. The molecule has 54 heavy (non-hydrogen) atoms. The van der Waals surface area contributed by atoms with Crippen LogP contribution >= 0.6 is 11.3 Å². The number of likely N-dealkylation sites (tertiary alicyclic amines) is 2. The van der Waals surface area contributed by atoms with Gasteiger partial charge in [0.2, 0.25) is 0 Å². The summed E-state index contributed by atoms with van der Waals surface area (Å²) in [6.45, 7) is 5.77. The van der Waals surface area contributed by atoms with Crippen molar-refractivity contribution in [3.63, 3.8) is 0 Å². The summed E-state index contributed by atoms with van der Waals surface area (Å²) in [5.41, 5.74) is -0.464. The van der Waals surface area contributed by atoms with E-state index < -0.39 is 35.6 Å². The number of alkyl halides is 1. The first-order chi connectivity index (χ1) is 25.7. The van der Waals surface area contributed by atoms with E-state index in [1.165, 1.54) is 17.0 Å². The number of nitriles is 1. The molecule has 4 aromatic rings.